The minimum atomic E-state index is -0.499. The number of aryl methyl sites for hydroxylation is 2. The van der Waals surface area contributed by atoms with Crippen molar-refractivity contribution in [3.05, 3.63) is 87.5 Å². The van der Waals surface area contributed by atoms with Gasteiger partial charge >= 0.3 is 0 Å². The molecule has 0 bridgehead atoms. The van der Waals surface area contributed by atoms with Crippen molar-refractivity contribution in [3.63, 3.8) is 0 Å². The minimum absolute atomic E-state index is 0.0430. The number of hydrogen-bond acceptors (Lipinski definition) is 8. The van der Waals surface area contributed by atoms with Crippen molar-refractivity contribution in [2.24, 2.45) is 15.3 Å². The van der Waals surface area contributed by atoms with Crippen LogP contribution < -0.4 is 10.2 Å². The summed E-state index contributed by atoms with van der Waals surface area (Å²) in [6.45, 7) is 3.58. The number of hydrogen-bond donors (Lipinski definition) is 2. The maximum absolute atomic E-state index is 12.0. The highest BCUT2D eigenvalue weighted by Gasteiger charge is 2.07. The quantitative estimate of drug-likeness (QED) is 0.220. The number of amides is 1. The number of phenolic OH excluding ortho intramolecular Hbond substituents is 1. The molecule has 3 aromatic carbocycles. The first-order valence-electron chi connectivity index (χ1n) is 9.83. The van der Waals surface area contributed by atoms with Crippen LogP contribution in [0.4, 0.5) is 17.1 Å². The Hall–Kier alpha value is -4.60. The average molecular weight is 447 g/mol. The number of phenols is 1. The van der Waals surface area contributed by atoms with Crippen LogP contribution >= 0.6 is 0 Å². The molecule has 0 heterocycles. The number of hydrazone groups is 1. The minimum Gasteiger partial charge on any atom is -0.507 e. The zero-order valence-electron chi connectivity index (χ0n) is 17.9. The number of rotatable bonds is 8. The molecular formula is C23H21N5O5. The molecule has 0 aliphatic heterocycles. The van der Waals surface area contributed by atoms with Gasteiger partial charge in [0.1, 0.15) is 11.5 Å². The van der Waals surface area contributed by atoms with Gasteiger partial charge in [-0.25, -0.2) is 5.43 Å². The molecule has 10 heteroatoms. The molecule has 0 radical (unpaired) electrons. The summed E-state index contributed by atoms with van der Waals surface area (Å²) in [6, 6.07) is 15.8. The molecule has 0 unspecified atom stereocenters. The van der Waals surface area contributed by atoms with E-state index in [2.05, 4.69) is 20.8 Å². The fourth-order valence-electron chi connectivity index (χ4n) is 2.83. The second kappa shape index (κ2) is 10.6. The standard InChI is InChI=1S/C23H21N5O5/c1-15-4-3-5-16(2)23(15)33-14-22(30)27-24-13-17-12-19(8-11-21(17)29)26-25-18-6-9-20(10-7-18)28(31)32/h3-13,29H,14H2,1-2H3,(H,27,30)/b24-13+,26-25?. The summed E-state index contributed by atoms with van der Waals surface area (Å²) in [5.74, 6) is 0.136. The van der Waals surface area contributed by atoms with Gasteiger partial charge < -0.3 is 9.84 Å². The zero-order valence-corrected chi connectivity index (χ0v) is 17.9. The molecule has 1 amide bonds. The van der Waals surface area contributed by atoms with Crippen LogP contribution in [-0.4, -0.2) is 28.8 Å². The Labute approximate surface area is 189 Å². The Morgan fingerprint density at radius 2 is 1.70 bits per heavy atom. The van der Waals surface area contributed by atoms with Gasteiger partial charge in [-0.15, -0.1) is 0 Å². The molecule has 33 heavy (non-hydrogen) atoms. The summed E-state index contributed by atoms with van der Waals surface area (Å²) in [4.78, 5) is 22.2. The van der Waals surface area contributed by atoms with Gasteiger partial charge in [-0.2, -0.15) is 15.3 Å². The lowest BCUT2D eigenvalue weighted by atomic mass is 10.1. The summed E-state index contributed by atoms with van der Waals surface area (Å²) in [6.07, 6.45) is 1.27. The molecule has 0 saturated carbocycles. The van der Waals surface area contributed by atoms with Gasteiger partial charge in [0.05, 0.1) is 22.5 Å². The molecule has 3 rings (SSSR count). The molecule has 0 aromatic heterocycles. The fourth-order valence-corrected chi connectivity index (χ4v) is 2.83. The van der Waals surface area contributed by atoms with E-state index < -0.39 is 10.8 Å². The Morgan fingerprint density at radius 1 is 1.06 bits per heavy atom. The number of nitro benzene ring substituents is 1. The summed E-state index contributed by atoms with van der Waals surface area (Å²) in [5.41, 5.74) is 5.31. The molecule has 0 saturated heterocycles. The predicted molar refractivity (Wildman–Crippen MR) is 123 cm³/mol. The molecule has 0 spiro atoms. The van der Waals surface area contributed by atoms with Crippen LogP contribution in [-0.2, 0) is 4.79 Å². The highest BCUT2D eigenvalue weighted by atomic mass is 16.6. The molecular weight excluding hydrogens is 426 g/mol. The van der Waals surface area contributed by atoms with E-state index in [-0.39, 0.29) is 18.0 Å². The third kappa shape index (κ3) is 6.44. The van der Waals surface area contributed by atoms with Gasteiger partial charge in [0, 0.05) is 17.7 Å². The average Bonchev–Trinajstić information content (AvgIpc) is 2.79. The van der Waals surface area contributed by atoms with Gasteiger partial charge in [0.2, 0.25) is 0 Å². The lowest BCUT2D eigenvalue weighted by molar-refractivity contribution is -0.384. The third-order valence-electron chi connectivity index (χ3n) is 4.50. The second-order valence-corrected chi connectivity index (χ2v) is 7.02. The van der Waals surface area contributed by atoms with Crippen molar-refractivity contribution in [1.29, 1.82) is 0 Å². The molecule has 0 fully saturated rings. The predicted octanol–water partition coefficient (Wildman–Crippen LogP) is 4.86. The van der Waals surface area contributed by atoms with Crippen LogP contribution in [0.25, 0.3) is 0 Å². The highest BCUT2D eigenvalue weighted by molar-refractivity contribution is 5.86. The van der Waals surface area contributed by atoms with Crippen LogP contribution in [0.3, 0.4) is 0 Å². The van der Waals surface area contributed by atoms with Crippen LogP contribution in [0, 0.1) is 24.0 Å². The second-order valence-electron chi connectivity index (χ2n) is 7.02. The molecule has 0 atom stereocenters. The van der Waals surface area contributed by atoms with Gasteiger partial charge in [-0.05, 0) is 55.3 Å². The number of ether oxygens (including phenoxy) is 1. The van der Waals surface area contributed by atoms with Gasteiger partial charge in [0.25, 0.3) is 11.6 Å². The number of carbonyl (C=O) groups is 1. The smallest absolute Gasteiger partial charge is 0.277 e. The number of nitro groups is 1. The largest absolute Gasteiger partial charge is 0.507 e. The van der Waals surface area contributed by atoms with Crippen molar-refractivity contribution >= 4 is 29.2 Å². The van der Waals surface area contributed by atoms with Gasteiger partial charge in [-0.1, -0.05) is 18.2 Å². The molecule has 0 aliphatic carbocycles. The monoisotopic (exact) mass is 447 g/mol. The highest BCUT2D eigenvalue weighted by Crippen LogP contribution is 2.25. The maximum Gasteiger partial charge on any atom is 0.277 e. The van der Waals surface area contributed by atoms with Crippen LogP contribution in [0.15, 0.2) is 76.0 Å². The summed E-state index contributed by atoms with van der Waals surface area (Å²) in [5, 5.41) is 32.6. The van der Waals surface area contributed by atoms with Gasteiger partial charge in [-0.3, -0.25) is 14.9 Å². The van der Waals surface area contributed by atoms with E-state index in [9.17, 15) is 20.0 Å². The Bertz CT molecular complexity index is 1200. The third-order valence-corrected chi connectivity index (χ3v) is 4.50. The first-order valence-corrected chi connectivity index (χ1v) is 9.83. The SMILES string of the molecule is Cc1cccc(C)c1OCC(=O)N/N=C/c1cc(N=Nc2ccc([N+](=O)[O-])cc2)ccc1O. The topological polar surface area (TPSA) is 139 Å². The Kier molecular flexibility index (Phi) is 7.43. The van der Waals surface area contributed by atoms with E-state index in [4.69, 9.17) is 4.74 Å². The van der Waals surface area contributed by atoms with Crippen molar-refractivity contribution < 1.29 is 19.6 Å². The lowest BCUT2D eigenvalue weighted by Crippen LogP contribution is -2.25. The number of non-ortho nitro benzene ring substituents is 1. The first kappa shape index (κ1) is 23.1. The van der Waals surface area contributed by atoms with Crippen LogP contribution in [0.5, 0.6) is 11.5 Å². The molecule has 0 aliphatic rings. The van der Waals surface area contributed by atoms with E-state index >= 15 is 0 Å². The number of carbonyl (C=O) groups excluding carboxylic acids is 1. The van der Waals surface area contributed by atoms with Crippen molar-refractivity contribution in [3.8, 4) is 11.5 Å². The van der Waals surface area contributed by atoms with E-state index in [1.165, 1.54) is 42.6 Å². The van der Waals surface area contributed by atoms with Crippen LogP contribution in [0.1, 0.15) is 16.7 Å². The summed E-state index contributed by atoms with van der Waals surface area (Å²) in [7, 11) is 0. The zero-order chi connectivity index (χ0) is 23.8. The fraction of sp³-hybridized carbons (Fsp3) is 0.130. The number of benzene rings is 3. The first-order chi connectivity index (χ1) is 15.8. The summed E-state index contributed by atoms with van der Waals surface area (Å²) >= 11 is 0. The van der Waals surface area contributed by atoms with Crippen LogP contribution in [0.2, 0.25) is 0 Å². The number of para-hydroxylation sites is 1. The van der Waals surface area contributed by atoms with E-state index in [1.807, 2.05) is 32.0 Å². The van der Waals surface area contributed by atoms with Gasteiger partial charge in [0.15, 0.2) is 6.61 Å². The van der Waals surface area contributed by atoms with E-state index in [1.54, 1.807) is 6.07 Å². The summed E-state index contributed by atoms with van der Waals surface area (Å²) < 4.78 is 5.57. The van der Waals surface area contributed by atoms with E-state index in [0.717, 1.165) is 11.1 Å². The van der Waals surface area contributed by atoms with Crippen molar-refractivity contribution in [2.45, 2.75) is 13.8 Å². The Morgan fingerprint density at radius 3 is 2.36 bits per heavy atom. The van der Waals surface area contributed by atoms with Crippen molar-refractivity contribution in [1.82, 2.24) is 5.43 Å². The Balaban J connectivity index is 1.59. The number of aromatic hydroxyl groups is 1. The lowest BCUT2D eigenvalue weighted by Gasteiger charge is -2.10. The number of nitrogens with one attached hydrogen (secondary N) is 1. The molecule has 2 N–H and O–H groups in total. The molecule has 10 nitrogen and oxygen atoms in total. The molecule has 3 aromatic rings. The van der Waals surface area contributed by atoms with E-state index in [0.29, 0.717) is 22.7 Å². The number of nitrogens with zero attached hydrogens (tertiary/aromatic N) is 4. The molecule has 168 valence electrons. The van der Waals surface area contributed by atoms with Crippen molar-refractivity contribution in [2.75, 3.05) is 6.61 Å². The maximum atomic E-state index is 12.0. The normalized spacial score (nSPS) is 11.1. The number of azo groups is 1.